The largest absolute Gasteiger partial charge is 0.497 e. The van der Waals surface area contributed by atoms with Crippen LogP contribution in [-0.2, 0) is 4.74 Å². The van der Waals surface area contributed by atoms with Crippen molar-refractivity contribution in [3.63, 3.8) is 0 Å². The van der Waals surface area contributed by atoms with E-state index in [9.17, 15) is 9.18 Å². The predicted molar refractivity (Wildman–Crippen MR) is 118 cm³/mol. The summed E-state index contributed by atoms with van der Waals surface area (Å²) < 4.78 is 24.4. The summed E-state index contributed by atoms with van der Waals surface area (Å²) in [6.07, 6.45) is 0. The van der Waals surface area contributed by atoms with Gasteiger partial charge in [-0.25, -0.2) is 9.37 Å². The van der Waals surface area contributed by atoms with Crippen molar-refractivity contribution in [2.75, 3.05) is 40.0 Å². The third-order valence-electron chi connectivity index (χ3n) is 5.25. The Morgan fingerprint density at radius 1 is 1.26 bits per heavy atom. The van der Waals surface area contributed by atoms with Crippen LogP contribution in [0.2, 0.25) is 0 Å². The van der Waals surface area contributed by atoms with Crippen LogP contribution >= 0.6 is 11.3 Å². The van der Waals surface area contributed by atoms with E-state index in [1.165, 1.54) is 23.5 Å². The summed E-state index contributed by atoms with van der Waals surface area (Å²) in [5.74, 6) is 0.237. The number of methoxy groups -OCH3 is 1. The Bertz CT molecular complexity index is 1020. The van der Waals surface area contributed by atoms with Crippen LogP contribution in [0.25, 0.3) is 10.6 Å². The van der Waals surface area contributed by atoms with Gasteiger partial charge in [-0.15, -0.1) is 11.3 Å². The number of hydrogen-bond acceptors (Lipinski definition) is 6. The quantitative estimate of drug-likeness (QED) is 0.605. The normalized spacial score (nSPS) is 15.4. The Balaban J connectivity index is 1.45. The summed E-state index contributed by atoms with van der Waals surface area (Å²) in [7, 11) is 1.62. The highest BCUT2D eigenvalue weighted by Crippen LogP contribution is 2.26. The molecule has 1 aliphatic rings. The molecule has 6 nitrogen and oxygen atoms in total. The SMILES string of the molecule is COc1ccc(-c2nc(C(=O)NCC(c3cccc(F)c3)N3CCOCC3)cs2)cc1. The first kappa shape index (κ1) is 21.4. The molecule has 2 aromatic carbocycles. The van der Waals surface area contributed by atoms with E-state index in [4.69, 9.17) is 9.47 Å². The lowest BCUT2D eigenvalue weighted by Gasteiger charge is -2.34. The lowest BCUT2D eigenvalue weighted by molar-refractivity contribution is 0.0161. The molecule has 162 valence electrons. The van der Waals surface area contributed by atoms with Gasteiger partial charge in [-0.1, -0.05) is 12.1 Å². The number of rotatable bonds is 7. The number of benzene rings is 2. The van der Waals surface area contributed by atoms with E-state index in [0.29, 0.717) is 25.5 Å². The van der Waals surface area contributed by atoms with Gasteiger partial charge in [0.1, 0.15) is 22.3 Å². The Labute approximate surface area is 184 Å². The monoisotopic (exact) mass is 441 g/mol. The maximum atomic E-state index is 13.8. The van der Waals surface area contributed by atoms with E-state index in [1.807, 2.05) is 30.3 Å². The number of nitrogens with one attached hydrogen (secondary N) is 1. The zero-order chi connectivity index (χ0) is 21.6. The van der Waals surface area contributed by atoms with Crippen molar-refractivity contribution < 1.29 is 18.7 Å². The summed E-state index contributed by atoms with van der Waals surface area (Å²) in [4.78, 5) is 19.5. The fourth-order valence-corrected chi connectivity index (χ4v) is 4.39. The van der Waals surface area contributed by atoms with Crippen LogP contribution in [-0.4, -0.2) is 55.7 Å². The molecule has 8 heteroatoms. The van der Waals surface area contributed by atoms with Crippen LogP contribution in [0.5, 0.6) is 5.75 Å². The van der Waals surface area contributed by atoms with Crippen LogP contribution < -0.4 is 10.1 Å². The molecule has 31 heavy (non-hydrogen) atoms. The predicted octanol–water partition coefficient (Wildman–Crippen LogP) is 3.76. The van der Waals surface area contributed by atoms with Gasteiger partial charge in [0, 0.05) is 30.6 Å². The number of aromatic nitrogens is 1. The number of carbonyl (C=O) groups is 1. The standard InChI is InChI=1S/C23H24FN3O3S/c1-29-19-7-5-16(6-8-19)23-26-20(15-31-23)22(28)25-14-21(27-9-11-30-12-10-27)17-3-2-4-18(24)13-17/h2-8,13,15,21H,9-12,14H2,1H3,(H,25,28). The molecule has 1 amide bonds. The molecule has 2 heterocycles. The molecule has 1 unspecified atom stereocenters. The Morgan fingerprint density at radius 3 is 2.74 bits per heavy atom. The second-order valence-corrected chi connectivity index (χ2v) is 8.05. The Morgan fingerprint density at radius 2 is 2.03 bits per heavy atom. The first-order valence-corrected chi connectivity index (χ1v) is 11.0. The van der Waals surface area contributed by atoms with Gasteiger partial charge >= 0.3 is 0 Å². The highest BCUT2D eigenvalue weighted by Gasteiger charge is 2.24. The molecule has 1 N–H and O–H groups in total. The highest BCUT2D eigenvalue weighted by atomic mass is 32.1. The Kier molecular flexibility index (Phi) is 6.91. The van der Waals surface area contributed by atoms with Crippen molar-refractivity contribution in [1.82, 2.24) is 15.2 Å². The van der Waals surface area contributed by atoms with Crippen molar-refractivity contribution in [2.24, 2.45) is 0 Å². The third kappa shape index (κ3) is 5.28. The molecule has 0 aliphatic carbocycles. The number of ether oxygens (including phenoxy) is 2. The van der Waals surface area contributed by atoms with Gasteiger partial charge in [0.15, 0.2) is 0 Å². The van der Waals surface area contributed by atoms with Crippen molar-refractivity contribution in [3.8, 4) is 16.3 Å². The summed E-state index contributed by atoms with van der Waals surface area (Å²) in [5.41, 5.74) is 2.13. The van der Waals surface area contributed by atoms with Crippen molar-refractivity contribution in [3.05, 3.63) is 71.0 Å². The number of nitrogens with zero attached hydrogens (tertiary/aromatic N) is 2. The summed E-state index contributed by atoms with van der Waals surface area (Å²) in [6, 6.07) is 14.0. The molecule has 1 fully saturated rings. The van der Waals surface area contributed by atoms with Crippen molar-refractivity contribution in [2.45, 2.75) is 6.04 Å². The minimum atomic E-state index is -0.286. The first-order chi connectivity index (χ1) is 15.1. The van der Waals surface area contributed by atoms with Gasteiger partial charge in [-0.05, 0) is 42.0 Å². The molecule has 0 spiro atoms. The second kappa shape index (κ2) is 10.00. The number of thiazole rings is 1. The summed E-state index contributed by atoms with van der Waals surface area (Å²) >= 11 is 1.42. The highest BCUT2D eigenvalue weighted by molar-refractivity contribution is 7.13. The lowest BCUT2D eigenvalue weighted by Crippen LogP contribution is -2.43. The van der Waals surface area contributed by atoms with Gasteiger partial charge < -0.3 is 14.8 Å². The van der Waals surface area contributed by atoms with E-state index in [2.05, 4.69) is 15.2 Å². The number of morpholine rings is 1. The fraction of sp³-hybridized carbons (Fsp3) is 0.304. The molecule has 0 saturated carbocycles. The maximum Gasteiger partial charge on any atom is 0.270 e. The van der Waals surface area contributed by atoms with Crippen LogP contribution in [0.3, 0.4) is 0 Å². The first-order valence-electron chi connectivity index (χ1n) is 10.1. The van der Waals surface area contributed by atoms with Crippen LogP contribution in [0.1, 0.15) is 22.1 Å². The summed E-state index contributed by atoms with van der Waals surface area (Å²) in [5, 5.41) is 5.49. The average Bonchev–Trinajstić information content (AvgIpc) is 3.30. The minimum Gasteiger partial charge on any atom is -0.497 e. The van der Waals surface area contributed by atoms with Gasteiger partial charge in [0.05, 0.1) is 26.4 Å². The van der Waals surface area contributed by atoms with Crippen LogP contribution in [0.4, 0.5) is 4.39 Å². The number of halogens is 1. The van der Waals surface area contributed by atoms with Crippen LogP contribution in [0.15, 0.2) is 53.9 Å². The molecule has 4 rings (SSSR count). The van der Waals surface area contributed by atoms with Crippen molar-refractivity contribution >= 4 is 17.2 Å². The van der Waals surface area contributed by atoms with Gasteiger partial charge in [0.25, 0.3) is 5.91 Å². The molecule has 0 radical (unpaired) electrons. The third-order valence-corrected chi connectivity index (χ3v) is 6.14. The van der Waals surface area contributed by atoms with Gasteiger partial charge in [-0.2, -0.15) is 0 Å². The number of carbonyl (C=O) groups excluding carboxylic acids is 1. The molecule has 1 aliphatic heterocycles. The number of amides is 1. The lowest BCUT2D eigenvalue weighted by atomic mass is 10.0. The zero-order valence-corrected chi connectivity index (χ0v) is 18.0. The Hall–Kier alpha value is -2.81. The molecule has 1 atom stereocenters. The zero-order valence-electron chi connectivity index (χ0n) is 17.2. The number of hydrogen-bond donors (Lipinski definition) is 1. The molecular formula is C23H24FN3O3S. The summed E-state index contributed by atoms with van der Waals surface area (Å²) in [6.45, 7) is 3.07. The second-order valence-electron chi connectivity index (χ2n) is 7.20. The molecular weight excluding hydrogens is 417 g/mol. The van der Waals surface area contributed by atoms with E-state index < -0.39 is 0 Å². The average molecular weight is 442 g/mol. The molecule has 3 aromatic rings. The van der Waals surface area contributed by atoms with E-state index in [0.717, 1.165) is 35.0 Å². The topological polar surface area (TPSA) is 63.7 Å². The van der Waals surface area contributed by atoms with E-state index in [1.54, 1.807) is 18.6 Å². The molecule has 1 aromatic heterocycles. The van der Waals surface area contributed by atoms with E-state index >= 15 is 0 Å². The van der Waals surface area contributed by atoms with Crippen molar-refractivity contribution in [1.29, 1.82) is 0 Å². The maximum absolute atomic E-state index is 13.8. The van der Waals surface area contributed by atoms with Gasteiger partial charge in [0.2, 0.25) is 0 Å². The smallest absolute Gasteiger partial charge is 0.270 e. The molecule has 1 saturated heterocycles. The van der Waals surface area contributed by atoms with Gasteiger partial charge in [-0.3, -0.25) is 9.69 Å². The minimum absolute atomic E-state index is 0.136. The fourth-order valence-electron chi connectivity index (χ4n) is 3.58. The molecule has 0 bridgehead atoms. The van der Waals surface area contributed by atoms with E-state index in [-0.39, 0.29) is 17.8 Å². The van der Waals surface area contributed by atoms with Crippen LogP contribution in [0, 0.1) is 5.82 Å².